The summed E-state index contributed by atoms with van der Waals surface area (Å²) in [6.45, 7) is 0. The van der Waals surface area contributed by atoms with Gasteiger partial charge in [0.2, 0.25) is 0 Å². The minimum Gasteiger partial charge on any atom is -0.508 e. The number of phenolic OH excluding ortho intramolecular Hbond substituents is 1. The number of ether oxygens (including phenoxy) is 2. The van der Waals surface area contributed by atoms with Gasteiger partial charge in [-0.25, -0.2) is 0 Å². The van der Waals surface area contributed by atoms with E-state index in [0.29, 0.717) is 16.5 Å². The van der Waals surface area contributed by atoms with E-state index in [-0.39, 0.29) is 24.6 Å². The van der Waals surface area contributed by atoms with E-state index < -0.39 is 27.3 Å². The van der Waals surface area contributed by atoms with Crippen molar-refractivity contribution in [2.45, 2.75) is 18.3 Å². The summed E-state index contributed by atoms with van der Waals surface area (Å²) in [7, 11) is 0.360. The van der Waals surface area contributed by atoms with Gasteiger partial charge in [-0.1, -0.05) is 0 Å². The van der Waals surface area contributed by atoms with Crippen LogP contribution in [0.4, 0.5) is 13.2 Å². The highest BCUT2D eigenvalue weighted by Gasteiger charge is 2.48. The summed E-state index contributed by atoms with van der Waals surface area (Å²) in [5.74, 6) is -0.989. The summed E-state index contributed by atoms with van der Waals surface area (Å²) < 4.78 is 75.7. The number of aryl methyl sites for hydroxylation is 2. The minimum absolute atomic E-state index is 0.0190. The first kappa shape index (κ1) is 29.4. The van der Waals surface area contributed by atoms with Crippen LogP contribution in [0.5, 0.6) is 11.5 Å². The molecule has 210 valence electrons. The van der Waals surface area contributed by atoms with E-state index in [2.05, 4.69) is 13.7 Å². The molecule has 0 atom stereocenters. The van der Waals surface area contributed by atoms with Gasteiger partial charge in [0.25, 0.3) is 0 Å². The molecule has 0 aliphatic heterocycles. The topological polar surface area (TPSA) is 126 Å². The molecule has 0 aliphatic rings. The molecule has 0 saturated carbocycles. The average Bonchev–Trinajstić information content (AvgIpc) is 3.33. The highest BCUT2D eigenvalue weighted by atomic mass is 32.2. The number of alkyl halides is 3. The van der Waals surface area contributed by atoms with Gasteiger partial charge < -0.3 is 27.9 Å². The maximum absolute atomic E-state index is 12.3. The van der Waals surface area contributed by atoms with Crippen LogP contribution in [0.25, 0.3) is 21.8 Å². The van der Waals surface area contributed by atoms with Gasteiger partial charge in [0.05, 0.1) is 38.1 Å². The van der Waals surface area contributed by atoms with Gasteiger partial charge in [0.1, 0.15) is 11.5 Å². The molecule has 2 heterocycles. The van der Waals surface area contributed by atoms with Crippen LogP contribution in [-0.4, -0.2) is 54.3 Å². The summed E-state index contributed by atoms with van der Waals surface area (Å²) in [6, 6.07) is 8.73. The highest BCUT2D eigenvalue weighted by molar-refractivity contribution is 7.88. The number of aromatic hydroxyl groups is 1. The smallest absolute Gasteiger partial charge is 0.508 e. The summed E-state index contributed by atoms with van der Waals surface area (Å²) >= 11 is 0. The largest absolute Gasteiger partial charge is 0.534 e. The molecule has 2 aromatic carbocycles. The predicted molar refractivity (Wildman–Crippen MR) is 135 cm³/mol. The van der Waals surface area contributed by atoms with Crippen LogP contribution in [0, 0.1) is 0 Å². The van der Waals surface area contributed by atoms with Crippen molar-refractivity contribution in [3.8, 4) is 11.5 Å². The van der Waals surface area contributed by atoms with E-state index in [0.717, 1.165) is 28.6 Å². The Morgan fingerprint density at radius 2 is 1.31 bits per heavy atom. The molecule has 2 aromatic heterocycles. The van der Waals surface area contributed by atoms with Gasteiger partial charge in [-0.15, -0.1) is 0 Å². The molecule has 0 radical (unpaired) electrons. The summed E-state index contributed by atoms with van der Waals surface area (Å²) in [5.41, 5.74) is -2.69. The van der Waals surface area contributed by atoms with Crippen molar-refractivity contribution in [2.75, 3.05) is 14.2 Å². The van der Waals surface area contributed by atoms with Crippen molar-refractivity contribution in [3.63, 3.8) is 0 Å². The lowest BCUT2D eigenvalue weighted by molar-refractivity contribution is -0.140. The molecule has 0 saturated heterocycles. The van der Waals surface area contributed by atoms with Crippen LogP contribution in [0.15, 0.2) is 48.8 Å². The Morgan fingerprint density at radius 1 is 0.846 bits per heavy atom. The van der Waals surface area contributed by atoms with Crippen LogP contribution in [0.2, 0.25) is 0 Å². The Kier molecular flexibility index (Phi) is 8.48. The molecule has 4 aromatic rings. The standard InChI is InChI=1S/C13H12F3NO5S.C12H13NO3/c1-17-7-8(5-12(18)21-2)10-4-3-9(6-11(10)17)22-23(19,20)13(14,15)16;1-13-7-8(5-12(15)16-2)10-4-3-9(14)6-11(10)13/h3-4,6-7H,5H2,1-2H3;3-4,6-7,14H,5H2,1-2H3. The van der Waals surface area contributed by atoms with Gasteiger partial charge in [0, 0.05) is 49.4 Å². The molecule has 0 fully saturated rings. The number of rotatable bonds is 6. The van der Waals surface area contributed by atoms with Crippen LogP contribution in [0.1, 0.15) is 11.1 Å². The maximum Gasteiger partial charge on any atom is 0.534 e. The van der Waals surface area contributed by atoms with E-state index in [1.165, 1.54) is 20.3 Å². The second kappa shape index (κ2) is 11.3. The third kappa shape index (κ3) is 6.63. The number of methoxy groups -OCH3 is 2. The van der Waals surface area contributed by atoms with Gasteiger partial charge in [-0.3, -0.25) is 9.59 Å². The summed E-state index contributed by atoms with van der Waals surface area (Å²) in [5, 5.41) is 10.9. The fourth-order valence-electron chi connectivity index (χ4n) is 3.87. The van der Waals surface area contributed by atoms with Gasteiger partial charge in [-0.2, -0.15) is 21.6 Å². The molecular weight excluding hydrogens is 545 g/mol. The lowest BCUT2D eigenvalue weighted by Crippen LogP contribution is -2.28. The number of esters is 2. The Hall–Kier alpha value is -4.20. The van der Waals surface area contributed by atoms with Gasteiger partial charge in [-0.05, 0) is 35.4 Å². The van der Waals surface area contributed by atoms with E-state index in [1.807, 2.05) is 23.9 Å². The number of aromatic nitrogens is 2. The molecular formula is C25H25F3N2O8S. The number of hydrogen-bond acceptors (Lipinski definition) is 8. The first-order valence-corrected chi connectivity index (χ1v) is 12.6. The van der Waals surface area contributed by atoms with Crippen LogP contribution in [0.3, 0.4) is 0 Å². The number of fused-ring (bicyclic) bond motifs is 2. The van der Waals surface area contributed by atoms with Gasteiger partial charge >= 0.3 is 27.6 Å². The normalized spacial score (nSPS) is 11.7. The van der Waals surface area contributed by atoms with Crippen molar-refractivity contribution in [3.05, 3.63) is 59.9 Å². The summed E-state index contributed by atoms with van der Waals surface area (Å²) in [6.07, 6.45) is 3.71. The van der Waals surface area contributed by atoms with Crippen molar-refractivity contribution >= 4 is 43.9 Å². The average molecular weight is 571 g/mol. The molecule has 10 nitrogen and oxygen atoms in total. The lowest BCUT2D eigenvalue weighted by atomic mass is 10.1. The Labute approximate surface area is 221 Å². The van der Waals surface area contributed by atoms with Crippen molar-refractivity contribution in [1.82, 2.24) is 9.13 Å². The molecule has 4 rings (SSSR count). The van der Waals surface area contributed by atoms with Crippen LogP contribution < -0.4 is 4.18 Å². The number of carbonyl (C=O) groups excluding carboxylic acids is 2. The van der Waals surface area contributed by atoms with E-state index in [1.54, 1.807) is 29.9 Å². The van der Waals surface area contributed by atoms with Crippen molar-refractivity contribution < 1.29 is 49.9 Å². The second-order valence-electron chi connectivity index (χ2n) is 8.40. The van der Waals surface area contributed by atoms with Crippen molar-refractivity contribution in [2.24, 2.45) is 14.1 Å². The third-order valence-electron chi connectivity index (χ3n) is 5.72. The zero-order valence-corrected chi connectivity index (χ0v) is 22.1. The van der Waals surface area contributed by atoms with Crippen molar-refractivity contribution in [1.29, 1.82) is 0 Å². The minimum atomic E-state index is -5.73. The first-order valence-electron chi connectivity index (χ1n) is 11.2. The molecule has 1 N–H and O–H groups in total. The Bertz CT molecular complexity index is 1640. The fraction of sp³-hybridized carbons (Fsp3) is 0.280. The quantitative estimate of drug-likeness (QED) is 0.211. The predicted octanol–water partition coefficient (Wildman–Crippen LogP) is 3.72. The van der Waals surface area contributed by atoms with E-state index in [9.17, 15) is 36.3 Å². The van der Waals surface area contributed by atoms with Crippen LogP contribution >= 0.6 is 0 Å². The highest BCUT2D eigenvalue weighted by Crippen LogP contribution is 2.30. The second-order valence-corrected chi connectivity index (χ2v) is 9.94. The van der Waals surface area contributed by atoms with E-state index >= 15 is 0 Å². The zero-order valence-electron chi connectivity index (χ0n) is 21.3. The Balaban J connectivity index is 0.000000230. The van der Waals surface area contributed by atoms with Crippen LogP contribution in [-0.2, 0) is 56.1 Å². The molecule has 39 heavy (non-hydrogen) atoms. The summed E-state index contributed by atoms with van der Waals surface area (Å²) in [4.78, 5) is 22.6. The third-order valence-corrected chi connectivity index (χ3v) is 6.69. The number of hydrogen-bond donors (Lipinski definition) is 1. The SMILES string of the molecule is COC(=O)Cc1cn(C)c2cc(O)ccc12.COC(=O)Cc1cn(C)c2cc(OS(=O)(=O)C(F)(F)F)ccc12. The van der Waals surface area contributed by atoms with E-state index in [4.69, 9.17) is 0 Å². The fourth-order valence-corrected chi connectivity index (χ4v) is 4.32. The zero-order chi connectivity index (χ0) is 29.1. The lowest BCUT2D eigenvalue weighted by Gasteiger charge is -2.09. The molecule has 14 heteroatoms. The number of phenols is 1. The Morgan fingerprint density at radius 3 is 1.77 bits per heavy atom. The molecule has 0 unspecified atom stereocenters. The number of halogens is 3. The monoisotopic (exact) mass is 570 g/mol. The molecule has 0 amide bonds. The maximum atomic E-state index is 12.3. The molecule has 0 spiro atoms. The molecule has 0 aliphatic carbocycles. The number of carbonyl (C=O) groups is 2. The number of nitrogens with zero attached hydrogens (tertiary/aromatic N) is 2. The first-order chi connectivity index (χ1) is 18.2. The van der Waals surface area contributed by atoms with Gasteiger partial charge in [0.15, 0.2) is 0 Å². The molecule has 0 bridgehead atoms. The number of benzene rings is 2.